The Labute approximate surface area is 168 Å². The molecule has 0 aromatic heterocycles. The number of benzene rings is 2. The van der Waals surface area contributed by atoms with E-state index in [1.807, 2.05) is 54.3 Å². The average Bonchev–Trinajstić information content (AvgIpc) is 2.69. The lowest BCUT2D eigenvalue weighted by Crippen LogP contribution is -2.50. The van der Waals surface area contributed by atoms with Crippen molar-refractivity contribution in [1.82, 2.24) is 10.2 Å². The predicted molar refractivity (Wildman–Crippen MR) is 114 cm³/mol. The minimum Gasteiger partial charge on any atom is -0.329 e. The quantitative estimate of drug-likeness (QED) is 0.548. The molecule has 0 spiro atoms. The standard InChI is InChI=1S/C23H31ClN2O/c1-5-7-17-26(18(3)20-15-11-12-16-21(20)24)22(27)25-23(4,6-2)19-13-9-8-10-14-19/h8-16,18H,5-7,17H2,1-4H3,(H,25,27). The lowest BCUT2D eigenvalue weighted by atomic mass is 9.89. The van der Waals surface area contributed by atoms with Crippen molar-refractivity contribution in [3.8, 4) is 0 Å². The summed E-state index contributed by atoms with van der Waals surface area (Å²) >= 11 is 6.40. The molecule has 2 rings (SSSR count). The maximum Gasteiger partial charge on any atom is 0.318 e. The molecule has 0 heterocycles. The fourth-order valence-electron chi connectivity index (χ4n) is 3.26. The second-order valence-corrected chi connectivity index (χ2v) is 7.63. The number of unbranched alkanes of at least 4 members (excludes halogenated alkanes) is 1. The second-order valence-electron chi connectivity index (χ2n) is 7.23. The fourth-order valence-corrected chi connectivity index (χ4v) is 3.55. The number of urea groups is 1. The molecule has 2 atom stereocenters. The average molecular weight is 387 g/mol. The molecule has 27 heavy (non-hydrogen) atoms. The number of hydrogen-bond acceptors (Lipinski definition) is 1. The number of halogens is 1. The lowest BCUT2D eigenvalue weighted by Gasteiger charge is -2.36. The molecule has 2 aromatic rings. The van der Waals surface area contributed by atoms with E-state index in [-0.39, 0.29) is 12.1 Å². The van der Waals surface area contributed by atoms with E-state index >= 15 is 0 Å². The van der Waals surface area contributed by atoms with E-state index in [1.54, 1.807) is 0 Å². The first-order valence-corrected chi connectivity index (χ1v) is 10.2. The molecular weight excluding hydrogens is 356 g/mol. The molecule has 0 fully saturated rings. The Morgan fingerprint density at radius 2 is 1.74 bits per heavy atom. The van der Waals surface area contributed by atoms with Crippen LogP contribution >= 0.6 is 11.6 Å². The molecule has 4 heteroatoms. The fraction of sp³-hybridized carbons (Fsp3) is 0.435. The first-order valence-electron chi connectivity index (χ1n) is 9.81. The van der Waals surface area contributed by atoms with Crippen LogP contribution in [-0.4, -0.2) is 17.5 Å². The summed E-state index contributed by atoms with van der Waals surface area (Å²) in [7, 11) is 0. The summed E-state index contributed by atoms with van der Waals surface area (Å²) in [5.74, 6) is 0. The number of nitrogens with one attached hydrogen (secondary N) is 1. The zero-order valence-electron chi connectivity index (χ0n) is 16.8. The number of amides is 2. The predicted octanol–water partition coefficient (Wildman–Crippen LogP) is 6.54. The van der Waals surface area contributed by atoms with Crippen LogP contribution in [0.4, 0.5) is 4.79 Å². The maximum atomic E-state index is 13.3. The van der Waals surface area contributed by atoms with Crippen LogP contribution in [-0.2, 0) is 5.54 Å². The Morgan fingerprint density at radius 3 is 2.33 bits per heavy atom. The molecule has 2 unspecified atom stereocenters. The topological polar surface area (TPSA) is 32.3 Å². The van der Waals surface area contributed by atoms with Gasteiger partial charge < -0.3 is 10.2 Å². The molecule has 1 N–H and O–H groups in total. The van der Waals surface area contributed by atoms with Gasteiger partial charge in [-0.2, -0.15) is 0 Å². The Kier molecular flexibility index (Phi) is 7.73. The largest absolute Gasteiger partial charge is 0.329 e. The lowest BCUT2D eigenvalue weighted by molar-refractivity contribution is 0.164. The van der Waals surface area contributed by atoms with Gasteiger partial charge in [-0.25, -0.2) is 4.79 Å². The molecular formula is C23H31ClN2O. The van der Waals surface area contributed by atoms with E-state index in [2.05, 4.69) is 38.2 Å². The van der Waals surface area contributed by atoms with Crippen LogP contribution in [0.25, 0.3) is 0 Å². The highest BCUT2D eigenvalue weighted by Gasteiger charge is 2.30. The van der Waals surface area contributed by atoms with Crippen LogP contribution in [0.3, 0.4) is 0 Å². The molecule has 0 aliphatic carbocycles. The van der Waals surface area contributed by atoms with Gasteiger partial charge in [0, 0.05) is 11.6 Å². The summed E-state index contributed by atoms with van der Waals surface area (Å²) < 4.78 is 0. The SMILES string of the molecule is CCCCN(C(=O)NC(C)(CC)c1ccccc1)C(C)c1ccccc1Cl. The first-order chi connectivity index (χ1) is 12.9. The molecule has 0 saturated heterocycles. The van der Waals surface area contributed by atoms with E-state index in [0.717, 1.165) is 30.4 Å². The summed E-state index contributed by atoms with van der Waals surface area (Å²) in [4.78, 5) is 15.2. The number of rotatable bonds is 8. The van der Waals surface area contributed by atoms with Crippen LogP contribution in [0.1, 0.15) is 64.1 Å². The van der Waals surface area contributed by atoms with Crippen molar-refractivity contribution < 1.29 is 4.79 Å². The molecule has 2 amide bonds. The molecule has 0 aliphatic rings. The van der Waals surface area contributed by atoms with Gasteiger partial charge in [-0.15, -0.1) is 0 Å². The van der Waals surface area contributed by atoms with Crippen molar-refractivity contribution in [2.24, 2.45) is 0 Å². The molecule has 0 saturated carbocycles. The molecule has 146 valence electrons. The smallest absolute Gasteiger partial charge is 0.318 e. The number of hydrogen-bond donors (Lipinski definition) is 1. The molecule has 0 radical (unpaired) electrons. The van der Waals surface area contributed by atoms with Crippen LogP contribution in [0.5, 0.6) is 0 Å². The van der Waals surface area contributed by atoms with Gasteiger partial charge in [0.2, 0.25) is 0 Å². The first kappa shape index (κ1) is 21.3. The highest BCUT2D eigenvalue weighted by molar-refractivity contribution is 6.31. The van der Waals surface area contributed by atoms with Crippen molar-refractivity contribution in [2.75, 3.05) is 6.54 Å². The summed E-state index contributed by atoms with van der Waals surface area (Å²) in [5, 5.41) is 3.98. The Bertz CT molecular complexity index is 734. The Morgan fingerprint density at radius 1 is 1.11 bits per heavy atom. The Balaban J connectivity index is 2.27. The van der Waals surface area contributed by atoms with E-state index in [9.17, 15) is 4.79 Å². The van der Waals surface area contributed by atoms with Crippen molar-refractivity contribution in [2.45, 2.75) is 58.5 Å². The van der Waals surface area contributed by atoms with Crippen LogP contribution in [0.2, 0.25) is 5.02 Å². The third kappa shape index (κ3) is 5.26. The van der Waals surface area contributed by atoms with Crippen molar-refractivity contribution >= 4 is 17.6 Å². The maximum absolute atomic E-state index is 13.3. The van der Waals surface area contributed by atoms with Crippen LogP contribution < -0.4 is 5.32 Å². The van der Waals surface area contributed by atoms with Gasteiger partial charge in [-0.1, -0.05) is 80.4 Å². The summed E-state index contributed by atoms with van der Waals surface area (Å²) in [6.07, 6.45) is 2.80. The Hall–Kier alpha value is -2.00. The number of nitrogens with zero attached hydrogens (tertiary/aromatic N) is 1. The molecule has 2 aromatic carbocycles. The highest BCUT2D eigenvalue weighted by Crippen LogP contribution is 2.29. The summed E-state index contributed by atoms with van der Waals surface area (Å²) in [6.45, 7) is 9.06. The van der Waals surface area contributed by atoms with Crippen LogP contribution in [0, 0.1) is 0 Å². The zero-order valence-corrected chi connectivity index (χ0v) is 17.6. The monoisotopic (exact) mass is 386 g/mol. The second kappa shape index (κ2) is 9.80. The zero-order chi connectivity index (χ0) is 19.9. The number of carbonyl (C=O) groups excluding carboxylic acids is 1. The normalized spacial score (nSPS) is 14.3. The summed E-state index contributed by atoms with van der Waals surface area (Å²) in [5.41, 5.74) is 1.67. The molecule has 0 aliphatic heterocycles. The molecule has 0 bridgehead atoms. The van der Waals surface area contributed by atoms with Crippen LogP contribution in [0.15, 0.2) is 54.6 Å². The third-order valence-electron chi connectivity index (χ3n) is 5.34. The third-order valence-corrected chi connectivity index (χ3v) is 5.68. The van der Waals surface area contributed by atoms with Gasteiger partial charge in [0.15, 0.2) is 0 Å². The molecule has 3 nitrogen and oxygen atoms in total. The van der Waals surface area contributed by atoms with Gasteiger partial charge >= 0.3 is 6.03 Å². The van der Waals surface area contributed by atoms with Gasteiger partial charge in [0.25, 0.3) is 0 Å². The van der Waals surface area contributed by atoms with E-state index < -0.39 is 5.54 Å². The summed E-state index contributed by atoms with van der Waals surface area (Å²) in [6, 6.07) is 17.8. The van der Waals surface area contributed by atoms with E-state index in [0.29, 0.717) is 11.6 Å². The van der Waals surface area contributed by atoms with Crippen molar-refractivity contribution in [3.63, 3.8) is 0 Å². The van der Waals surface area contributed by atoms with Gasteiger partial charge in [0.1, 0.15) is 0 Å². The van der Waals surface area contributed by atoms with Crippen molar-refractivity contribution in [1.29, 1.82) is 0 Å². The van der Waals surface area contributed by atoms with Crippen molar-refractivity contribution in [3.05, 3.63) is 70.7 Å². The minimum atomic E-state index is -0.414. The van der Waals surface area contributed by atoms with Gasteiger partial charge in [-0.05, 0) is 43.9 Å². The number of carbonyl (C=O) groups is 1. The van der Waals surface area contributed by atoms with Gasteiger partial charge in [-0.3, -0.25) is 0 Å². The van der Waals surface area contributed by atoms with E-state index in [4.69, 9.17) is 11.6 Å². The minimum absolute atomic E-state index is 0.0518. The van der Waals surface area contributed by atoms with Gasteiger partial charge in [0.05, 0.1) is 11.6 Å². The van der Waals surface area contributed by atoms with E-state index in [1.165, 1.54) is 0 Å². The highest BCUT2D eigenvalue weighted by atomic mass is 35.5.